The normalized spacial score (nSPS) is 22.2. The van der Waals surface area contributed by atoms with Crippen molar-refractivity contribution in [2.75, 3.05) is 26.2 Å². The maximum Gasteiger partial charge on any atom is 0.410 e. The van der Waals surface area contributed by atoms with Gasteiger partial charge in [-0.25, -0.2) is 14.8 Å². The first-order valence-electron chi connectivity index (χ1n) is 12.4. The van der Waals surface area contributed by atoms with Gasteiger partial charge in [-0.2, -0.15) is 0 Å². The maximum atomic E-state index is 12.4. The van der Waals surface area contributed by atoms with Crippen LogP contribution in [0, 0.1) is 5.41 Å². The van der Waals surface area contributed by atoms with Gasteiger partial charge >= 0.3 is 6.09 Å². The number of amides is 1. The molecule has 0 saturated carbocycles. The molecule has 1 spiro atoms. The first-order valence-corrected chi connectivity index (χ1v) is 12.4. The van der Waals surface area contributed by atoms with Crippen molar-refractivity contribution in [1.29, 1.82) is 0 Å². The molecule has 0 bridgehead atoms. The minimum atomic E-state index is -0.430. The second-order valence-electron chi connectivity index (χ2n) is 11.1. The number of benzene rings is 1. The Balaban J connectivity index is 1.19. The highest BCUT2D eigenvalue weighted by Crippen LogP contribution is 2.48. The third-order valence-corrected chi connectivity index (χ3v) is 7.55. The number of hydrogen-bond acceptors (Lipinski definition) is 5. The van der Waals surface area contributed by atoms with Gasteiger partial charge in [-0.15, -0.1) is 0 Å². The Morgan fingerprint density at radius 1 is 1.15 bits per heavy atom. The van der Waals surface area contributed by atoms with Crippen molar-refractivity contribution in [3.8, 4) is 11.4 Å². The quantitative estimate of drug-likeness (QED) is 0.659. The second kappa shape index (κ2) is 8.39. The van der Waals surface area contributed by atoms with Crippen molar-refractivity contribution in [1.82, 2.24) is 19.8 Å². The molecular formula is C27H36N4O2. The molecule has 1 aliphatic carbocycles. The molecular weight excluding hydrogens is 412 g/mol. The molecule has 2 fully saturated rings. The van der Waals surface area contributed by atoms with E-state index in [4.69, 9.17) is 4.74 Å². The van der Waals surface area contributed by atoms with Gasteiger partial charge in [-0.1, -0.05) is 19.1 Å². The highest BCUT2D eigenvalue weighted by atomic mass is 16.6. The lowest BCUT2D eigenvalue weighted by Gasteiger charge is -2.56. The molecule has 2 saturated heterocycles. The molecule has 1 atom stereocenters. The van der Waals surface area contributed by atoms with E-state index in [-0.39, 0.29) is 6.09 Å². The third-order valence-electron chi connectivity index (χ3n) is 7.55. The fraction of sp³-hybridized carbons (Fsp3) is 0.593. The van der Waals surface area contributed by atoms with E-state index >= 15 is 0 Å². The summed E-state index contributed by atoms with van der Waals surface area (Å²) in [5.41, 5.74) is 5.15. The molecule has 33 heavy (non-hydrogen) atoms. The zero-order chi connectivity index (χ0) is 23.2. The molecule has 2 aromatic rings. The van der Waals surface area contributed by atoms with Gasteiger partial charge in [0.1, 0.15) is 5.60 Å². The fourth-order valence-electron chi connectivity index (χ4n) is 5.64. The molecule has 0 N–H and O–H groups in total. The number of carbonyl (C=O) groups is 1. The Bertz CT molecular complexity index is 1010. The minimum absolute atomic E-state index is 0.164. The molecule has 2 aliphatic heterocycles. The van der Waals surface area contributed by atoms with Crippen molar-refractivity contribution >= 4 is 6.09 Å². The first-order chi connectivity index (χ1) is 15.8. The minimum Gasteiger partial charge on any atom is -0.444 e. The summed E-state index contributed by atoms with van der Waals surface area (Å²) >= 11 is 0. The van der Waals surface area contributed by atoms with E-state index in [0.29, 0.717) is 11.5 Å². The van der Waals surface area contributed by atoms with E-state index in [9.17, 15) is 4.79 Å². The summed E-state index contributed by atoms with van der Waals surface area (Å²) in [5.74, 6) is 0.818. The highest BCUT2D eigenvalue weighted by Gasteiger charge is 2.48. The van der Waals surface area contributed by atoms with Crippen LogP contribution in [0.5, 0.6) is 0 Å². The lowest BCUT2D eigenvalue weighted by atomic mass is 9.71. The van der Waals surface area contributed by atoms with Crippen LogP contribution in [0.15, 0.2) is 30.6 Å². The molecule has 6 nitrogen and oxygen atoms in total. The Hall–Kier alpha value is -2.47. The molecule has 6 heteroatoms. The number of piperidine rings is 1. The van der Waals surface area contributed by atoms with Crippen LogP contribution >= 0.6 is 0 Å². The summed E-state index contributed by atoms with van der Waals surface area (Å²) in [6, 6.07) is 7.31. The Labute approximate surface area is 197 Å². The van der Waals surface area contributed by atoms with E-state index in [0.717, 1.165) is 63.3 Å². The lowest BCUT2D eigenvalue weighted by Crippen LogP contribution is -2.61. The monoisotopic (exact) mass is 448 g/mol. The van der Waals surface area contributed by atoms with Crippen molar-refractivity contribution < 1.29 is 9.53 Å². The number of aromatic nitrogens is 2. The van der Waals surface area contributed by atoms with Crippen molar-refractivity contribution in [2.45, 2.75) is 71.4 Å². The van der Waals surface area contributed by atoms with Crippen LogP contribution in [0.4, 0.5) is 4.79 Å². The number of fused-ring (bicyclic) bond motifs is 1. The molecule has 176 valence electrons. The highest BCUT2D eigenvalue weighted by molar-refractivity contribution is 5.68. The van der Waals surface area contributed by atoms with E-state index in [1.807, 2.05) is 38.1 Å². The Morgan fingerprint density at radius 2 is 1.85 bits per heavy atom. The van der Waals surface area contributed by atoms with Crippen LogP contribution in [0.25, 0.3) is 11.4 Å². The van der Waals surface area contributed by atoms with Gasteiger partial charge < -0.3 is 9.64 Å². The van der Waals surface area contributed by atoms with E-state index < -0.39 is 5.60 Å². The largest absolute Gasteiger partial charge is 0.444 e. The molecule has 1 amide bonds. The lowest BCUT2D eigenvalue weighted by molar-refractivity contribution is -0.0716. The van der Waals surface area contributed by atoms with Gasteiger partial charge in [0, 0.05) is 50.2 Å². The predicted octanol–water partition coefficient (Wildman–Crippen LogP) is 5.03. The van der Waals surface area contributed by atoms with Gasteiger partial charge in [0.05, 0.1) is 0 Å². The van der Waals surface area contributed by atoms with Gasteiger partial charge in [0.2, 0.25) is 0 Å². The molecule has 3 aliphatic rings. The molecule has 0 unspecified atom stereocenters. The van der Waals surface area contributed by atoms with Gasteiger partial charge in [0.15, 0.2) is 5.82 Å². The third kappa shape index (κ3) is 4.50. The van der Waals surface area contributed by atoms with E-state index in [1.165, 1.54) is 23.1 Å². The van der Waals surface area contributed by atoms with Crippen molar-refractivity contribution in [2.24, 2.45) is 5.41 Å². The molecule has 1 aromatic carbocycles. The first kappa shape index (κ1) is 22.3. The summed E-state index contributed by atoms with van der Waals surface area (Å²) in [6.07, 6.45) is 9.13. The number of rotatable bonds is 3. The average molecular weight is 449 g/mol. The predicted molar refractivity (Wildman–Crippen MR) is 129 cm³/mol. The molecule has 3 heterocycles. The maximum absolute atomic E-state index is 12.4. The number of aryl methyl sites for hydroxylation is 2. The SMILES string of the molecule is CCc1cnc(-c2ccc3c(c2)CC[C@H]3N2CC3(CCN(C(=O)OC(C)(C)C)CC3)C2)nc1. The van der Waals surface area contributed by atoms with Crippen molar-refractivity contribution in [3.05, 3.63) is 47.3 Å². The van der Waals surface area contributed by atoms with Gasteiger partial charge in [-0.3, -0.25) is 4.90 Å². The van der Waals surface area contributed by atoms with Crippen molar-refractivity contribution in [3.63, 3.8) is 0 Å². The van der Waals surface area contributed by atoms with Gasteiger partial charge in [-0.05, 0) is 81.0 Å². The summed E-state index contributed by atoms with van der Waals surface area (Å²) in [4.78, 5) is 26.1. The van der Waals surface area contributed by atoms with Gasteiger partial charge in [0.25, 0.3) is 0 Å². The number of hydrogen-bond donors (Lipinski definition) is 0. The van der Waals surface area contributed by atoms with Crippen LogP contribution in [-0.4, -0.2) is 57.6 Å². The van der Waals surface area contributed by atoms with Crippen LogP contribution in [0.2, 0.25) is 0 Å². The number of nitrogens with zero attached hydrogens (tertiary/aromatic N) is 4. The van der Waals surface area contributed by atoms with Crippen LogP contribution in [-0.2, 0) is 17.6 Å². The fourth-order valence-corrected chi connectivity index (χ4v) is 5.64. The smallest absolute Gasteiger partial charge is 0.410 e. The number of ether oxygens (including phenoxy) is 1. The zero-order valence-electron chi connectivity index (χ0n) is 20.4. The number of likely N-dealkylation sites (tertiary alicyclic amines) is 2. The van der Waals surface area contributed by atoms with E-state index in [1.54, 1.807) is 0 Å². The standard InChI is InChI=1S/C27H36N4O2/c1-5-19-15-28-24(29-16-19)21-6-8-22-20(14-21)7-9-23(22)31-17-27(18-31)10-12-30(13-11-27)25(32)33-26(2,3)4/h6,8,14-16,23H,5,7,9-13,17-18H2,1-4H3/t23-/m1/s1. The number of carbonyl (C=O) groups excluding carboxylic acids is 1. The Kier molecular flexibility index (Phi) is 5.68. The summed E-state index contributed by atoms with van der Waals surface area (Å²) in [6.45, 7) is 11.8. The van der Waals surface area contributed by atoms with Crippen LogP contribution in [0.3, 0.4) is 0 Å². The molecule has 0 radical (unpaired) electrons. The van der Waals surface area contributed by atoms with Crippen LogP contribution in [0.1, 0.15) is 69.7 Å². The molecule has 5 rings (SSSR count). The average Bonchev–Trinajstić information content (AvgIpc) is 3.19. The zero-order valence-corrected chi connectivity index (χ0v) is 20.4. The summed E-state index contributed by atoms with van der Waals surface area (Å²) in [5, 5.41) is 0. The summed E-state index contributed by atoms with van der Waals surface area (Å²) in [7, 11) is 0. The topological polar surface area (TPSA) is 58.6 Å². The molecule has 1 aromatic heterocycles. The Morgan fingerprint density at radius 3 is 2.48 bits per heavy atom. The second-order valence-corrected chi connectivity index (χ2v) is 11.1. The van der Waals surface area contributed by atoms with Crippen LogP contribution < -0.4 is 0 Å². The van der Waals surface area contributed by atoms with E-state index in [2.05, 4.69) is 40.0 Å². The summed E-state index contributed by atoms with van der Waals surface area (Å²) < 4.78 is 5.56.